The molecule has 0 aliphatic carbocycles. The number of non-ortho nitro benzene ring substituents is 1. The molecule has 0 saturated carbocycles. The van der Waals surface area contributed by atoms with Crippen LogP contribution in [-0.4, -0.2) is 28.1 Å². The van der Waals surface area contributed by atoms with E-state index in [-0.39, 0.29) is 5.69 Å². The van der Waals surface area contributed by atoms with Gasteiger partial charge in [-0.05, 0) is 32.4 Å². The number of carbonyl (C=O) groups excluding carboxylic acids is 1. The Labute approximate surface area is 133 Å². The van der Waals surface area contributed by atoms with Crippen LogP contribution in [0.3, 0.4) is 0 Å². The first-order valence-corrected chi connectivity index (χ1v) is 7.15. The first-order chi connectivity index (χ1) is 10.8. The van der Waals surface area contributed by atoms with Crippen molar-refractivity contribution in [3.8, 4) is 0 Å². The Morgan fingerprint density at radius 2 is 2.17 bits per heavy atom. The van der Waals surface area contributed by atoms with Crippen LogP contribution >= 0.6 is 0 Å². The number of carbonyl (C=O) groups is 1. The fourth-order valence-electron chi connectivity index (χ4n) is 2.02. The standard InChI is InChI=1S/C16H19N3O4/c1-16(2,3)23-15(20)17-8-4-5-11-10-18-14-7-6-12(19(21)22)9-13(11)14/h4-7,9-10,18H,8H2,1-3H3,(H,17,20). The van der Waals surface area contributed by atoms with E-state index in [0.717, 1.165) is 16.5 Å². The third-order valence-corrected chi connectivity index (χ3v) is 2.97. The fourth-order valence-corrected chi connectivity index (χ4v) is 2.02. The zero-order valence-corrected chi connectivity index (χ0v) is 13.3. The van der Waals surface area contributed by atoms with Crippen LogP contribution in [0.15, 0.2) is 30.5 Å². The molecule has 0 spiro atoms. The molecule has 2 aromatic rings. The predicted octanol–water partition coefficient (Wildman–Crippen LogP) is 3.61. The number of alkyl carbamates (subject to hydrolysis) is 1. The Balaban J connectivity index is 2.02. The maximum Gasteiger partial charge on any atom is 0.407 e. The van der Waals surface area contributed by atoms with Gasteiger partial charge >= 0.3 is 6.09 Å². The van der Waals surface area contributed by atoms with E-state index in [2.05, 4.69) is 10.3 Å². The van der Waals surface area contributed by atoms with E-state index in [9.17, 15) is 14.9 Å². The maximum atomic E-state index is 11.5. The summed E-state index contributed by atoms with van der Waals surface area (Å²) in [6, 6.07) is 4.65. The van der Waals surface area contributed by atoms with Crippen LogP contribution in [-0.2, 0) is 4.74 Å². The summed E-state index contributed by atoms with van der Waals surface area (Å²) < 4.78 is 5.12. The summed E-state index contributed by atoms with van der Waals surface area (Å²) in [6.45, 7) is 5.68. The molecule has 0 saturated heterocycles. The second-order valence-electron chi connectivity index (χ2n) is 6.02. The molecule has 0 aliphatic rings. The normalized spacial score (nSPS) is 11.8. The quantitative estimate of drug-likeness (QED) is 0.665. The number of nitrogens with one attached hydrogen (secondary N) is 2. The maximum absolute atomic E-state index is 11.5. The molecule has 1 aromatic heterocycles. The number of nitrogens with zero attached hydrogens (tertiary/aromatic N) is 1. The summed E-state index contributed by atoms with van der Waals surface area (Å²) in [7, 11) is 0. The van der Waals surface area contributed by atoms with E-state index in [0.29, 0.717) is 6.54 Å². The first-order valence-electron chi connectivity index (χ1n) is 7.15. The minimum atomic E-state index is -0.538. The van der Waals surface area contributed by atoms with Crippen LogP contribution in [0.2, 0.25) is 0 Å². The largest absolute Gasteiger partial charge is 0.444 e. The smallest absolute Gasteiger partial charge is 0.407 e. The van der Waals surface area contributed by atoms with Crippen LogP contribution in [0.1, 0.15) is 26.3 Å². The molecule has 1 heterocycles. The molecule has 0 unspecified atom stereocenters. The molecule has 7 heteroatoms. The van der Waals surface area contributed by atoms with Crippen molar-refractivity contribution >= 4 is 28.8 Å². The second kappa shape index (κ2) is 6.51. The van der Waals surface area contributed by atoms with Crippen molar-refractivity contribution in [2.24, 2.45) is 0 Å². The van der Waals surface area contributed by atoms with Crippen molar-refractivity contribution in [1.29, 1.82) is 0 Å². The Bertz CT molecular complexity index is 756. The summed E-state index contributed by atoms with van der Waals surface area (Å²) >= 11 is 0. The van der Waals surface area contributed by atoms with Crippen molar-refractivity contribution in [2.75, 3.05) is 6.54 Å². The number of hydrogen-bond donors (Lipinski definition) is 2. The minimum absolute atomic E-state index is 0.0404. The number of nitro benzene ring substituents is 1. The number of benzene rings is 1. The molecule has 0 aliphatic heterocycles. The molecule has 1 amide bonds. The molecular formula is C16H19N3O4. The molecule has 23 heavy (non-hydrogen) atoms. The van der Waals surface area contributed by atoms with E-state index in [1.807, 2.05) is 0 Å². The molecule has 0 fully saturated rings. The van der Waals surface area contributed by atoms with Crippen molar-refractivity contribution < 1.29 is 14.5 Å². The van der Waals surface area contributed by atoms with Crippen LogP contribution < -0.4 is 5.32 Å². The molecule has 2 rings (SSSR count). The van der Waals surface area contributed by atoms with Gasteiger partial charge in [0, 0.05) is 35.8 Å². The highest BCUT2D eigenvalue weighted by atomic mass is 16.6. The van der Waals surface area contributed by atoms with E-state index >= 15 is 0 Å². The van der Waals surface area contributed by atoms with Gasteiger partial charge in [0.2, 0.25) is 0 Å². The van der Waals surface area contributed by atoms with Crippen LogP contribution in [0.25, 0.3) is 17.0 Å². The summed E-state index contributed by atoms with van der Waals surface area (Å²) in [4.78, 5) is 25.0. The van der Waals surface area contributed by atoms with Crippen molar-refractivity contribution in [3.63, 3.8) is 0 Å². The van der Waals surface area contributed by atoms with E-state index in [4.69, 9.17) is 4.74 Å². The predicted molar refractivity (Wildman–Crippen MR) is 88.2 cm³/mol. The molecule has 1 aromatic carbocycles. The van der Waals surface area contributed by atoms with Crippen molar-refractivity contribution in [2.45, 2.75) is 26.4 Å². The number of amides is 1. The van der Waals surface area contributed by atoms with E-state index in [1.54, 1.807) is 45.2 Å². The Morgan fingerprint density at radius 3 is 2.83 bits per heavy atom. The number of aromatic nitrogens is 1. The molecule has 0 bridgehead atoms. The summed E-state index contributed by atoms with van der Waals surface area (Å²) in [5, 5.41) is 14.2. The Morgan fingerprint density at radius 1 is 1.43 bits per heavy atom. The highest BCUT2D eigenvalue weighted by Crippen LogP contribution is 2.24. The summed E-state index contributed by atoms with van der Waals surface area (Å²) in [6.07, 6.45) is 4.82. The van der Waals surface area contributed by atoms with Gasteiger partial charge in [-0.3, -0.25) is 10.1 Å². The first kappa shape index (κ1) is 16.5. The Hall–Kier alpha value is -2.83. The molecule has 122 valence electrons. The topological polar surface area (TPSA) is 97.3 Å². The lowest BCUT2D eigenvalue weighted by molar-refractivity contribution is -0.384. The SMILES string of the molecule is CC(C)(C)OC(=O)NCC=Cc1c[nH]c2ccc([N+](=O)[O-])cc12. The number of nitro groups is 1. The number of rotatable bonds is 4. The van der Waals surface area contributed by atoms with Gasteiger partial charge in [0.05, 0.1) is 4.92 Å². The molecular weight excluding hydrogens is 298 g/mol. The van der Waals surface area contributed by atoms with Crippen LogP contribution in [0, 0.1) is 10.1 Å². The highest BCUT2D eigenvalue weighted by molar-refractivity contribution is 5.90. The van der Waals surface area contributed by atoms with Crippen molar-refractivity contribution in [1.82, 2.24) is 10.3 Å². The third-order valence-electron chi connectivity index (χ3n) is 2.97. The molecule has 7 nitrogen and oxygen atoms in total. The van der Waals surface area contributed by atoms with Gasteiger partial charge in [-0.1, -0.05) is 12.2 Å². The van der Waals surface area contributed by atoms with Gasteiger partial charge in [-0.2, -0.15) is 0 Å². The Kier molecular flexibility index (Phi) is 4.68. The molecule has 0 radical (unpaired) electrons. The van der Waals surface area contributed by atoms with Gasteiger partial charge in [0.25, 0.3) is 5.69 Å². The molecule has 2 N–H and O–H groups in total. The van der Waals surface area contributed by atoms with E-state index < -0.39 is 16.6 Å². The number of H-pyrrole nitrogens is 1. The highest BCUT2D eigenvalue weighted by Gasteiger charge is 2.15. The zero-order valence-electron chi connectivity index (χ0n) is 13.3. The summed E-state index contributed by atoms with van der Waals surface area (Å²) in [5.41, 5.74) is 1.13. The molecule has 0 atom stereocenters. The number of hydrogen-bond acceptors (Lipinski definition) is 4. The summed E-state index contributed by atoms with van der Waals surface area (Å²) in [5.74, 6) is 0. The van der Waals surface area contributed by atoms with Crippen molar-refractivity contribution in [3.05, 3.63) is 46.1 Å². The second-order valence-corrected chi connectivity index (χ2v) is 6.02. The number of ether oxygens (including phenoxy) is 1. The lowest BCUT2D eigenvalue weighted by Gasteiger charge is -2.19. The van der Waals surface area contributed by atoms with Crippen LogP contribution in [0.5, 0.6) is 0 Å². The lowest BCUT2D eigenvalue weighted by atomic mass is 10.1. The van der Waals surface area contributed by atoms with Gasteiger partial charge in [0.15, 0.2) is 0 Å². The fraction of sp³-hybridized carbons (Fsp3) is 0.312. The average Bonchev–Trinajstić information content (AvgIpc) is 2.84. The number of fused-ring (bicyclic) bond motifs is 1. The zero-order chi connectivity index (χ0) is 17.0. The van der Waals surface area contributed by atoms with E-state index in [1.165, 1.54) is 12.1 Å². The number of aromatic amines is 1. The minimum Gasteiger partial charge on any atom is -0.444 e. The monoisotopic (exact) mass is 317 g/mol. The van der Waals surface area contributed by atoms with Gasteiger partial charge in [0.1, 0.15) is 5.60 Å². The van der Waals surface area contributed by atoms with Gasteiger partial charge in [-0.15, -0.1) is 0 Å². The average molecular weight is 317 g/mol. The van der Waals surface area contributed by atoms with Gasteiger partial charge < -0.3 is 15.0 Å². The third kappa shape index (κ3) is 4.57. The van der Waals surface area contributed by atoms with Gasteiger partial charge in [-0.25, -0.2) is 4.79 Å². The van der Waals surface area contributed by atoms with Crippen LogP contribution in [0.4, 0.5) is 10.5 Å². The lowest BCUT2D eigenvalue weighted by Crippen LogP contribution is -2.32.